The molecule has 1 heterocycles. The maximum atomic E-state index is 12.7. The lowest BCUT2D eigenvalue weighted by molar-refractivity contribution is -0.137. The van der Waals surface area contributed by atoms with Crippen LogP contribution in [0.2, 0.25) is 0 Å². The average molecular weight is 388 g/mol. The van der Waals surface area contributed by atoms with E-state index in [2.05, 4.69) is 15.8 Å². The van der Waals surface area contributed by atoms with Gasteiger partial charge in [-0.25, -0.2) is 0 Å². The summed E-state index contributed by atoms with van der Waals surface area (Å²) in [6.45, 7) is 2.80. The number of thioether (sulfide) groups is 1. The summed E-state index contributed by atoms with van der Waals surface area (Å²) in [7, 11) is 2.01. The summed E-state index contributed by atoms with van der Waals surface area (Å²) in [6, 6.07) is 13.1. The van der Waals surface area contributed by atoms with Crippen LogP contribution in [-0.2, 0) is 6.18 Å². The van der Waals surface area contributed by atoms with Crippen molar-refractivity contribution in [3.05, 3.63) is 65.2 Å². The van der Waals surface area contributed by atoms with Gasteiger partial charge in [0.25, 0.3) is 0 Å². The zero-order valence-corrected chi connectivity index (χ0v) is 15.8. The molecule has 2 atom stereocenters. The first-order valence-electron chi connectivity index (χ1n) is 8.48. The minimum atomic E-state index is -4.32. The summed E-state index contributed by atoms with van der Waals surface area (Å²) >= 11 is 1.61. The zero-order chi connectivity index (χ0) is 19.6. The summed E-state index contributed by atoms with van der Waals surface area (Å²) < 4.78 is 38.2. The fourth-order valence-electron chi connectivity index (χ4n) is 2.86. The van der Waals surface area contributed by atoms with E-state index in [4.69, 9.17) is 6.42 Å². The predicted octanol–water partition coefficient (Wildman–Crippen LogP) is 5.07. The minimum Gasteiger partial charge on any atom is -0.373 e. The Kier molecular flexibility index (Phi) is 5.52. The Hall–Kier alpha value is -2.39. The van der Waals surface area contributed by atoms with Crippen molar-refractivity contribution in [3.63, 3.8) is 0 Å². The lowest BCUT2D eigenvalue weighted by Gasteiger charge is -2.24. The Bertz CT molecular complexity index is 864. The molecule has 2 aromatic carbocycles. The summed E-state index contributed by atoms with van der Waals surface area (Å²) in [5.74, 6) is 2.60. The summed E-state index contributed by atoms with van der Waals surface area (Å²) in [4.78, 5) is 6.79. The molecule has 1 aliphatic rings. The van der Waals surface area contributed by atoms with Gasteiger partial charge < -0.3 is 4.90 Å². The standard InChI is InChI=1S/C21H19F3N2S/c1-4-15-5-11-18(12-6-15)26(3)13-19-14(2)25-20(27-19)16-7-9-17(10-8-16)21(22,23)24/h1,5-12,14,19H,13H2,2-3H3. The monoisotopic (exact) mass is 388 g/mol. The van der Waals surface area contributed by atoms with Gasteiger partial charge in [0.1, 0.15) is 0 Å². The molecule has 0 bridgehead atoms. The maximum Gasteiger partial charge on any atom is 0.416 e. The van der Waals surface area contributed by atoms with E-state index in [0.29, 0.717) is 0 Å². The molecule has 0 spiro atoms. The number of terminal acetylenes is 1. The van der Waals surface area contributed by atoms with Crippen molar-refractivity contribution >= 4 is 22.5 Å². The highest BCUT2D eigenvalue weighted by Gasteiger charge is 2.32. The van der Waals surface area contributed by atoms with Crippen molar-refractivity contribution in [3.8, 4) is 12.3 Å². The van der Waals surface area contributed by atoms with Crippen LogP contribution in [0.15, 0.2) is 53.5 Å². The molecule has 2 nitrogen and oxygen atoms in total. The van der Waals surface area contributed by atoms with E-state index in [1.165, 1.54) is 12.1 Å². The number of benzene rings is 2. The smallest absolute Gasteiger partial charge is 0.373 e. The van der Waals surface area contributed by atoms with Gasteiger partial charge in [-0.05, 0) is 43.3 Å². The molecule has 0 saturated heterocycles. The number of nitrogens with zero attached hydrogens (tertiary/aromatic N) is 2. The number of anilines is 1. The number of hydrogen-bond acceptors (Lipinski definition) is 3. The van der Waals surface area contributed by atoms with Gasteiger partial charge in [-0.3, -0.25) is 4.99 Å². The van der Waals surface area contributed by atoms with Crippen LogP contribution in [0, 0.1) is 12.3 Å². The quantitative estimate of drug-likeness (QED) is 0.680. The lowest BCUT2D eigenvalue weighted by Crippen LogP contribution is -2.31. The highest BCUT2D eigenvalue weighted by molar-refractivity contribution is 8.15. The van der Waals surface area contributed by atoms with E-state index in [0.717, 1.165) is 40.5 Å². The third kappa shape index (κ3) is 4.48. The Morgan fingerprint density at radius 1 is 1.11 bits per heavy atom. The number of alkyl halides is 3. The molecular formula is C21H19F3N2S. The van der Waals surface area contributed by atoms with E-state index >= 15 is 0 Å². The number of aliphatic imine (C=N–C) groups is 1. The largest absolute Gasteiger partial charge is 0.416 e. The Morgan fingerprint density at radius 2 is 1.74 bits per heavy atom. The van der Waals surface area contributed by atoms with Crippen molar-refractivity contribution < 1.29 is 13.2 Å². The van der Waals surface area contributed by atoms with Crippen LogP contribution in [0.4, 0.5) is 18.9 Å². The molecule has 2 aromatic rings. The molecule has 0 fully saturated rings. The van der Waals surface area contributed by atoms with Gasteiger partial charge in [0.15, 0.2) is 0 Å². The van der Waals surface area contributed by atoms with Gasteiger partial charge in [0.05, 0.1) is 21.9 Å². The number of hydrogen-bond donors (Lipinski definition) is 0. The van der Waals surface area contributed by atoms with Gasteiger partial charge in [-0.2, -0.15) is 13.2 Å². The molecule has 140 valence electrons. The third-order valence-electron chi connectivity index (χ3n) is 4.51. The van der Waals surface area contributed by atoms with E-state index in [1.807, 2.05) is 38.2 Å². The molecule has 0 amide bonds. The first-order valence-corrected chi connectivity index (χ1v) is 9.36. The molecule has 0 N–H and O–H groups in total. The van der Waals surface area contributed by atoms with E-state index in [-0.39, 0.29) is 11.3 Å². The normalized spacial score (nSPS) is 19.5. The first kappa shape index (κ1) is 19.4. The molecule has 0 radical (unpaired) electrons. The van der Waals surface area contributed by atoms with Crippen molar-refractivity contribution in [2.24, 2.45) is 4.99 Å². The second-order valence-electron chi connectivity index (χ2n) is 6.48. The van der Waals surface area contributed by atoms with Gasteiger partial charge in [-0.1, -0.05) is 29.8 Å². The molecule has 0 saturated carbocycles. The summed E-state index contributed by atoms with van der Waals surface area (Å²) in [6.07, 6.45) is 1.06. The van der Waals surface area contributed by atoms with E-state index < -0.39 is 11.7 Å². The highest BCUT2D eigenvalue weighted by atomic mass is 32.2. The number of rotatable bonds is 4. The molecule has 0 aliphatic carbocycles. The molecular weight excluding hydrogens is 369 g/mol. The highest BCUT2D eigenvalue weighted by Crippen LogP contribution is 2.34. The topological polar surface area (TPSA) is 15.6 Å². The van der Waals surface area contributed by atoms with Gasteiger partial charge in [0.2, 0.25) is 0 Å². The average Bonchev–Trinajstić information content (AvgIpc) is 3.01. The van der Waals surface area contributed by atoms with Crippen molar-refractivity contribution in [1.82, 2.24) is 0 Å². The lowest BCUT2D eigenvalue weighted by atomic mass is 10.1. The predicted molar refractivity (Wildman–Crippen MR) is 106 cm³/mol. The van der Waals surface area contributed by atoms with Crippen LogP contribution in [0.25, 0.3) is 0 Å². The summed E-state index contributed by atoms with van der Waals surface area (Å²) in [5.41, 5.74) is 1.98. The zero-order valence-electron chi connectivity index (χ0n) is 15.0. The van der Waals surface area contributed by atoms with E-state index in [1.54, 1.807) is 11.8 Å². The SMILES string of the molecule is C#Cc1ccc(N(C)CC2SC(c3ccc(C(F)(F)F)cc3)=NC2C)cc1. The van der Waals surface area contributed by atoms with Crippen LogP contribution in [-0.4, -0.2) is 29.9 Å². The molecule has 2 unspecified atom stereocenters. The van der Waals surface area contributed by atoms with E-state index in [9.17, 15) is 13.2 Å². The fraction of sp³-hybridized carbons (Fsp3) is 0.286. The maximum absolute atomic E-state index is 12.7. The second kappa shape index (κ2) is 7.69. The second-order valence-corrected chi connectivity index (χ2v) is 7.71. The Morgan fingerprint density at radius 3 is 2.30 bits per heavy atom. The van der Waals surface area contributed by atoms with Crippen LogP contribution < -0.4 is 4.90 Å². The van der Waals surface area contributed by atoms with Gasteiger partial charge in [-0.15, -0.1) is 6.42 Å². The molecule has 3 rings (SSSR count). The first-order chi connectivity index (χ1) is 12.8. The van der Waals surface area contributed by atoms with Gasteiger partial charge in [0, 0.05) is 30.4 Å². The van der Waals surface area contributed by atoms with Crippen molar-refractivity contribution in [1.29, 1.82) is 0 Å². The Balaban J connectivity index is 1.66. The number of halogens is 3. The van der Waals surface area contributed by atoms with Crippen LogP contribution in [0.5, 0.6) is 0 Å². The molecule has 1 aliphatic heterocycles. The summed E-state index contributed by atoms with van der Waals surface area (Å²) in [5, 5.41) is 1.01. The van der Waals surface area contributed by atoms with Crippen molar-refractivity contribution in [2.75, 3.05) is 18.5 Å². The van der Waals surface area contributed by atoms with Crippen LogP contribution in [0.3, 0.4) is 0 Å². The fourth-order valence-corrected chi connectivity index (χ4v) is 4.20. The Labute approximate surface area is 161 Å². The third-order valence-corrected chi connectivity index (χ3v) is 5.92. The van der Waals surface area contributed by atoms with Crippen LogP contribution in [0.1, 0.15) is 23.6 Å². The van der Waals surface area contributed by atoms with Crippen molar-refractivity contribution in [2.45, 2.75) is 24.4 Å². The minimum absolute atomic E-state index is 0.0831. The van der Waals surface area contributed by atoms with Crippen LogP contribution >= 0.6 is 11.8 Å². The molecule has 27 heavy (non-hydrogen) atoms. The molecule has 0 aromatic heterocycles. The molecule has 6 heteroatoms. The van der Waals surface area contributed by atoms with Gasteiger partial charge >= 0.3 is 6.18 Å².